The third-order valence-corrected chi connectivity index (χ3v) is 3.72. The standard InChI is InChI=1S/C16H11ClF2N2/c17-13-7-14(18)11(6-15(13)19)16(20)10-3-1-2-9-4-5-21-8-12(9)10/h1-8,16H,20H2. The van der Waals surface area contributed by atoms with Crippen LogP contribution in [0, 0.1) is 11.6 Å². The van der Waals surface area contributed by atoms with Gasteiger partial charge in [0.25, 0.3) is 0 Å². The van der Waals surface area contributed by atoms with Gasteiger partial charge in [0.15, 0.2) is 0 Å². The predicted molar refractivity (Wildman–Crippen MR) is 79.1 cm³/mol. The van der Waals surface area contributed by atoms with E-state index in [0.29, 0.717) is 5.56 Å². The molecule has 3 aromatic rings. The minimum Gasteiger partial charge on any atom is -0.320 e. The number of hydrogen-bond donors (Lipinski definition) is 1. The Kier molecular flexibility index (Phi) is 3.57. The lowest BCUT2D eigenvalue weighted by molar-refractivity contribution is 0.577. The van der Waals surface area contributed by atoms with Crippen molar-refractivity contribution in [1.29, 1.82) is 0 Å². The number of benzene rings is 2. The molecule has 0 aliphatic carbocycles. The lowest BCUT2D eigenvalue weighted by Gasteiger charge is -2.16. The van der Waals surface area contributed by atoms with Crippen molar-refractivity contribution in [2.24, 2.45) is 5.73 Å². The highest BCUT2D eigenvalue weighted by Gasteiger charge is 2.18. The molecule has 2 aromatic carbocycles. The van der Waals surface area contributed by atoms with Gasteiger partial charge in [-0.05, 0) is 29.1 Å². The summed E-state index contributed by atoms with van der Waals surface area (Å²) in [6.07, 6.45) is 3.33. The van der Waals surface area contributed by atoms with Crippen molar-refractivity contribution in [3.8, 4) is 0 Å². The minimum absolute atomic E-state index is 0.0632. The Hall–Kier alpha value is -2.04. The van der Waals surface area contributed by atoms with Crippen molar-refractivity contribution in [2.45, 2.75) is 6.04 Å². The maximum Gasteiger partial charge on any atom is 0.142 e. The predicted octanol–water partition coefficient (Wildman–Crippen LogP) is 4.21. The van der Waals surface area contributed by atoms with Gasteiger partial charge in [-0.15, -0.1) is 0 Å². The number of hydrogen-bond acceptors (Lipinski definition) is 2. The van der Waals surface area contributed by atoms with Gasteiger partial charge >= 0.3 is 0 Å². The largest absolute Gasteiger partial charge is 0.320 e. The average Bonchev–Trinajstić information content (AvgIpc) is 2.49. The summed E-state index contributed by atoms with van der Waals surface area (Å²) >= 11 is 5.57. The van der Waals surface area contributed by atoms with Crippen LogP contribution in [0.3, 0.4) is 0 Å². The van der Waals surface area contributed by atoms with Crippen molar-refractivity contribution >= 4 is 22.4 Å². The maximum atomic E-state index is 14.0. The molecule has 5 heteroatoms. The molecule has 0 saturated heterocycles. The van der Waals surface area contributed by atoms with Crippen molar-refractivity contribution in [3.63, 3.8) is 0 Å². The lowest BCUT2D eigenvalue weighted by Crippen LogP contribution is -2.14. The van der Waals surface area contributed by atoms with E-state index in [1.54, 1.807) is 18.5 Å². The molecule has 1 unspecified atom stereocenters. The van der Waals surface area contributed by atoms with Crippen LogP contribution in [0.15, 0.2) is 48.8 Å². The van der Waals surface area contributed by atoms with E-state index < -0.39 is 17.7 Å². The molecule has 0 bridgehead atoms. The second-order valence-electron chi connectivity index (χ2n) is 4.71. The summed E-state index contributed by atoms with van der Waals surface area (Å²) in [7, 11) is 0. The Morgan fingerprint density at radius 1 is 1.05 bits per heavy atom. The maximum absolute atomic E-state index is 14.0. The quantitative estimate of drug-likeness (QED) is 0.720. The molecule has 106 valence electrons. The molecule has 0 amide bonds. The summed E-state index contributed by atoms with van der Waals surface area (Å²) in [5.74, 6) is -1.32. The second-order valence-corrected chi connectivity index (χ2v) is 5.12. The second kappa shape index (κ2) is 5.39. The summed E-state index contributed by atoms with van der Waals surface area (Å²) in [5, 5.41) is 1.48. The van der Waals surface area contributed by atoms with Crippen LogP contribution in [-0.2, 0) is 0 Å². The average molecular weight is 305 g/mol. The van der Waals surface area contributed by atoms with E-state index in [1.807, 2.05) is 18.2 Å². The van der Waals surface area contributed by atoms with Gasteiger partial charge in [-0.1, -0.05) is 29.8 Å². The van der Waals surface area contributed by atoms with Gasteiger partial charge in [-0.25, -0.2) is 8.78 Å². The molecule has 0 radical (unpaired) electrons. The Morgan fingerprint density at radius 3 is 2.67 bits per heavy atom. The van der Waals surface area contributed by atoms with Crippen LogP contribution in [0.25, 0.3) is 10.8 Å². The first-order chi connectivity index (χ1) is 10.1. The fourth-order valence-corrected chi connectivity index (χ4v) is 2.50. The Labute approximate surface area is 125 Å². The number of fused-ring (bicyclic) bond motifs is 1. The lowest BCUT2D eigenvalue weighted by atomic mass is 9.95. The van der Waals surface area contributed by atoms with Gasteiger partial charge in [0.1, 0.15) is 11.6 Å². The van der Waals surface area contributed by atoms with E-state index in [1.165, 1.54) is 0 Å². The first-order valence-electron chi connectivity index (χ1n) is 6.30. The van der Waals surface area contributed by atoms with E-state index >= 15 is 0 Å². The summed E-state index contributed by atoms with van der Waals surface area (Å²) < 4.78 is 27.6. The van der Waals surface area contributed by atoms with Crippen LogP contribution in [0.4, 0.5) is 8.78 Å². The molecule has 0 saturated carbocycles. The highest BCUT2D eigenvalue weighted by molar-refractivity contribution is 6.30. The van der Waals surface area contributed by atoms with Crippen molar-refractivity contribution in [1.82, 2.24) is 4.98 Å². The SMILES string of the molecule is NC(c1cc(F)c(Cl)cc1F)c1cccc2ccncc12. The zero-order chi connectivity index (χ0) is 15.0. The molecule has 2 nitrogen and oxygen atoms in total. The van der Waals surface area contributed by atoms with Crippen molar-refractivity contribution < 1.29 is 8.78 Å². The van der Waals surface area contributed by atoms with E-state index in [0.717, 1.165) is 22.9 Å². The third kappa shape index (κ3) is 2.48. The summed E-state index contributed by atoms with van der Waals surface area (Å²) in [6.45, 7) is 0. The molecule has 1 atom stereocenters. The van der Waals surface area contributed by atoms with Crippen LogP contribution in [0.1, 0.15) is 17.2 Å². The zero-order valence-electron chi connectivity index (χ0n) is 10.9. The zero-order valence-corrected chi connectivity index (χ0v) is 11.6. The van der Waals surface area contributed by atoms with E-state index in [-0.39, 0.29) is 10.6 Å². The molecular weight excluding hydrogens is 294 g/mol. The van der Waals surface area contributed by atoms with Gasteiger partial charge in [0, 0.05) is 23.3 Å². The number of pyridine rings is 1. The summed E-state index contributed by atoms with van der Waals surface area (Å²) in [4.78, 5) is 4.06. The molecule has 0 fully saturated rings. The van der Waals surface area contributed by atoms with Gasteiger partial charge in [0.2, 0.25) is 0 Å². The fraction of sp³-hybridized carbons (Fsp3) is 0.0625. The van der Waals surface area contributed by atoms with Crippen LogP contribution >= 0.6 is 11.6 Å². The monoisotopic (exact) mass is 304 g/mol. The number of aromatic nitrogens is 1. The fourth-order valence-electron chi connectivity index (χ4n) is 2.35. The first kappa shape index (κ1) is 13.9. The highest BCUT2D eigenvalue weighted by atomic mass is 35.5. The topological polar surface area (TPSA) is 38.9 Å². The molecule has 2 N–H and O–H groups in total. The molecule has 21 heavy (non-hydrogen) atoms. The van der Waals surface area contributed by atoms with Gasteiger partial charge in [-0.2, -0.15) is 0 Å². The Balaban J connectivity index is 2.17. The van der Waals surface area contributed by atoms with Crippen molar-refractivity contribution in [2.75, 3.05) is 0 Å². The van der Waals surface area contributed by atoms with Crippen LogP contribution in [0.2, 0.25) is 5.02 Å². The van der Waals surface area contributed by atoms with Gasteiger partial charge in [-0.3, -0.25) is 4.98 Å². The first-order valence-corrected chi connectivity index (χ1v) is 6.68. The minimum atomic E-state index is -0.801. The number of halogens is 3. The number of nitrogens with zero attached hydrogens (tertiary/aromatic N) is 1. The molecule has 1 aromatic heterocycles. The molecule has 1 heterocycles. The Morgan fingerprint density at radius 2 is 1.86 bits per heavy atom. The van der Waals surface area contributed by atoms with Crippen LogP contribution in [-0.4, -0.2) is 4.98 Å². The van der Waals surface area contributed by atoms with Crippen molar-refractivity contribution in [3.05, 3.63) is 76.6 Å². The van der Waals surface area contributed by atoms with Gasteiger partial charge < -0.3 is 5.73 Å². The van der Waals surface area contributed by atoms with Crippen LogP contribution < -0.4 is 5.73 Å². The highest BCUT2D eigenvalue weighted by Crippen LogP contribution is 2.30. The van der Waals surface area contributed by atoms with Gasteiger partial charge in [0.05, 0.1) is 11.1 Å². The third-order valence-electron chi connectivity index (χ3n) is 3.43. The molecule has 0 aliphatic rings. The summed E-state index contributed by atoms with van der Waals surface area (Å²) in [6, 6.07) is 8.52. The van der Waals surface area contributed by atoms with E-state index in [9.17, 15) is 8.78 Å². The smallest absolute Gasteiger partial charge is 0.142 e. The number of nitrogens with two attached hydrogens (primary N) is 1. The molecule has 0 aliphatic heterocycles. The van der Waals surface area contributed by atoms with E-state index in [4.69, 9.17) is 17.3 Å². The molecular formula is C16H11ClF2N2. The molecule has 3 rings (SSSR count). The number of rotatable bonds is 2. The normalized spacial score (nSPS) is 12.6. The summed E-state index contributed by atoms with van der Waals surface area (Å²) in [5.41, 5.74) is 6.87. The molecule has 0 spiro atoms. The van der Waals surface area contributed by atoms with E-state index in [2.05, 4.69) is 4.98 Å². The van der Waals surface area contributed by atoms with Crippen LogP contribution in [0.5, 0.6) is 0 Å². The Bertz CT molecular complexity index is 815.